The molecule has 1 amide bonds. The molecule has 4 nitrogen and oxygen atoms in total. The summed E-state index contributed by atoms with van der Waals surface area (Å²) in [6.07, 6.45) is 0. The Balaban J connectivity index is 1.91. The number of para-hydroxylation sites is 1. The number of hydrogen-bond donors (Lipinski definition) is 1. The van der Waals surface area contributed by atoms with Crippen LogP contribution in [-0.4, -0.2) is 16.1 Å². The predicted molar refractivity (Wildman–Crippen MR) is 84.3 cm³/mol. The van der Waals surface area contributed by atoms with Gasteiger partial charge in [0.1, 0.15) is 5.82 Å². The Kier molecular flexibility index (Phi) is 3.54. The van der Waals surface area contributed by atoms with Crippen LogP contribution in [0.3, 0.4) is 0 Å². The first kappa shape index (κ1) is 14.5. The van der Waals surface area contributed by atoms with Crippen molar-refractivity contribution >= 4 is 29.0 Å². The zero-order valence-corrected chi connectivity index (χ0v) is 12.6. The third-order valence-corrected chi connectivity index (χ3v) is 3.74. The highest BCUT2D eigenvalue weighted by Crippen LogP contribution is 2.34. The van der Waals surface area contributed by atoms with Crippen molar-refractivity contribution in [2.75, 3.05) is 5.43 Å². The molecule has 1 aliphatic heterocycles. The minimum Gasteiger partial charge on any atom is -0.448 e. The molecule has 6 heteroatoms. The Labute approximate surface area is 132 Å². The number of benzene rings is 2. The number of carbonyl (C=O) groups excluding carboxylic acids is 1. The number of thiocarbonyl (C=S) groups is 1. The molecule has 1 aliphatic rings. The first-order valence-corrected chi connectivity index (χ1v) is 7.07. The largest absolute Gasteiger partial charge is 0.448 e. The molecule has 2 aromatic carbocycles. The molecule has 1 heterocycles. The molecule has 112 valence electrons. The topological polar surface area (TPSA) is 41.6 Å². The van der Waals surface area contributed by atoms with Crippen LogP contribution in [0.25, 0.3) is 0 Å². The molecule has 2 aromatic rings. The Morgan fingerprint density at radius 3 is 2.59 bits per heavy atom. The standard InChI is InChI=1S/C16H13FN2O2S/c1-16(11-6-5-7-12(17)10-11)14(20)19(15(22)21-16)18-13-8-3-2-4-9-13/h2-10,18H,1H3. The zero-order valence-electron chi connectivity index (χ0n) is 11.7. The van der Waals surface area contributed by atoms with Crippen molar-refractivity contribution in [3.05, 3.63) is 66.0 Å². The average molecular weight is 316 g/mol. The van der Waals surface area contributed by atoms with Gasteiger partial charge >= 0.3 is 0 Å². The van der Waals surface area contributed by atoms with Crippen LogP contribution in [0.5, 0.6) is 0 Å². The minimum atomic E-state index is -1.35. The van der Waals surface area contributed by atoms with Gasteiger partial charge in [-0.25, -0.2) is 4.39 Å². The van der Waals surface area contributed by atoms with Crippen LogP contribution >= 0.6 is 12.2 Å². The summed E-state index contributed by atoms with van der Waals surface area (Å²) in [6.45, 7) is 1.57. The second kappa shape index (κ2) is 5.38. The molecule has 0 aromatic heterocycles. The Morgan fingerprint density at radius 1 is 1.18 bits per heavy atom. The Bertz CT molecular complexity index is 738. The predicted octanol–water partition coefficient (Wildman–Crippen LogP) is 3.21. The van der Waals surface area contributed by atoms with E-state index in [-0.39, 0.29) is 5.17 Å². The van der Waals surface area contributed by atoms with Crippen LogP contribution < -0.4 is 5.43 Å². The average Bonchev–Trinajstić information content (AvgIpc) is 2.73. The van der Waals surface area contributed by atoms with E-state index >= 15 is 0 Å². The van der Waals surface area contributed by atoms with E-state index in [0.717, 1.165) is 5.01 Å². The van der Waals surface area contributed by atoms with Gasteiger partial charge in [-0.2, -0.15) is 5.01 Å². The summed E-state index contributed by atoms with van der Waals surface area (Å²) in [5, 5.41) is 1.16. The van der Waals surface area contributed by atoms with Crippen LogP contribution in [-0.2, 0) is 15.1 Å². The fourth-order valence-electron chi connectivity index (χ4n) is 2.27. The molecular formula is C16H13FN2O2S. The summed E-state index contributed by atoms with van der Waals surface area (Å²) in [7, 11) is 0. The highest BCUT2D eigenvalue weighted by molar-refractivity contribution is 7.80. The van der Waals surface area contributed by atoms with Crippen molar-refractivity contribution in [1.29, 1.82) is 0 Å². The van der Waals surface area contributed by atoms with E-state index in [1.807, 2.05) is 18.2 Å². The van der Waals surface area contributed by atoms with Crippen LogP contribution in [0.15, 0.2) is 54.6 Å². The van der Waals surface area contributed by atoms with E-state index in [0.29, 0.717) is 11.3 Å². The minimum absolute atomic E-state index is 0.000569. The number of amides is 1. The van der Waals surface area contributed by atoms with Gasteiger partial charge < -0.3 is 4.74 Å². The van der Waals surface area contributed by atoms with Gasteiger partial charge in [0.15, 0.2) is 0 Å². The van der Waals surface area contributed by atoms with Gasteiger partial charge in [-0.1, -0.05) is 30.3 Å². The summed E-state index contributed by atoms with van der Waals surface area (Å²) < 4.78 is 19.0. The monoisotopic (exact) mass is 316 g/mol. The molecular weight excluding hydrogens is 303 g/mol. The molecule has 0 radical (unpaired) electrons. The first-order valence-electron chi connectivity index (χ1n) is 6.66. The van der Waals surface area contributed by atoms with E-state index in [1.54, 1.807) is 25.1 Å². The summed E-state index contributed by atoms with van der Waals surface area (Å²) >= 11 is 5.13. The highest BCUT2D eigenvalue weighted by atomic mass is 32.1. The van der Waals surface area contributed by atoms with Gasteiger partial charge in [-0.15, -0.1) is 0 Å². The van der Waals surface area contributed by atoms with Gasteiger partial charge in [0.05, 0.1) is 5.69 Å². The number of anilines is 1. The summed E-state index contributed by atoms with van der Waals surface area (Å²) in [4.78, 5) is 12.7. The zero-order chi connectivity index (χ0) is 15.7. The van der Waals surface area contributed by atoms with E-state index in [4.69, 9.17) is 17.0 Å². The molecule has 0 aliphatic carbocycles. The third kappa shape index (κ3) is 2.42. The maximum absolute atomic E-state index is 13.4. The summed E-state index contributed by atoms with van der Waals surface area (Å²) in [5.41, 5.74) is 2.67. The Morgan fingerprint density at radius 2 is 1.91 bits per heavy atom. The summed E-state index contributed by atoms with van der Waals surface area (Å²) in [6, 6.07) is 14.9. The van der Waals surface area contributed by atoms with Gasteiger partial charge in [0.2, 0.25) is 5.60 Å². The quantitative estimate of drug-likeness (QED) is 0.883. The van der Waals surface area contributed by atoms with Crippen LogP contribution in [0, 0.1) is 5.82 Å². The van der Waals surface area contributed by atoms with Crippen LogP contribution in [0.1, 0.15) is 12.5 Å². The fourth-order valence-corrected chi connectivity index (χ4v) is 2.56. The van der Waals surface area contributed by atoms with Crippen molar-refractivity contribution < 1.29 is 13.9 Å². The molecule has 3 rings (SSSR count). The lowest BCUT2D eigenvalue weighted by Gasteiger charge is -2.21. The second-order valence-electron chi connectivity index (χ2n) is 5.03. The number of carbonyl (C=O) groups is 1. The third-order valence-electron chi connectivity index (χ3n) is 3.48. The Hall–Kier alpha value is -2.47. The van der Waals surface area contributed by atoms with E-state index in [2.05, 4.69) is 5.43 Å². The van der Waals surface area contributed by atoms with Crippen molar-refractivity contribution in [1.82, 2.24) is 5.01 Å². The number of halogens is 1. The lowest BCUT2D eigenvalue weighted by molar-refractivity contribution is -0.135. The van der Waals surface area contributed by atoms with E-state index < -0.39 is 17.3 Å². The van der Waals surface area contributed by atoms with Crippen molar-refractivity contribution in [3.8, 4) is 0 Å². The lowest BCUT2D eigenvalue weighted by atomic mass is 9.95. The molecule has 0 saturated carbocycles. The van der Waals surface area contributed by atoms with Crippen molar-refractivity contribution in [2.45, 2.75) is 12.5 Å². The number of nitrogens with one attached hydrogen (secondary N) is 1. The van der Waals surface area contributed by atoms with Crippen molar-refractivity contribution in [3.63, 3.8) is 0 Å². The second-order valence-corrected chi connectivity index (χ2v) is 5.38. The normalized spacial score (nSPS) is 20.9. The SMILES string of the molecule is CC1(c2cccc(F)c2)OC(=S)N(Nc2ccccc2)C1=O. The number of rotatable bonds is 3. The van der Waals surface area contributed by atoms with Gasteiger partial charge in [-0.3, -0.25) is 10.2 Å². The highest BCUT2D eigenvalue weighted by Gasteiger charge is 2.50. The van der Waals surface area contributed by atoms with Crippen LogP contribution in [0.2, 0.25) is 0 Å². The fraction of sp³-hybridized carbons (Fsp3) is 0.125. The summed E-state index contributed by atoms with van der Waals surface area (Å²) in [5.74, 6) is -0.831. The van der Waals surface area contributed by atoms with Gasteiger partial charge in [0, 0.05) is 5.56 Å². The molecule has 1 fully saturated rings. The molecule has 0 bridgehead atoms. The smallest absolute Gasteiger partial charge is 0.297 e. The number of nitrogens with zero attached hydrogens (tertiary/aromatic N) is 1. The van der Waals surface area contributed by atoms with Gasteiger partial charge in [-0.05, 0) is 43.4 Å². The number of hydrogen-bond acceptors (Lipinski definition) is 4. The number of hydrazine groups is 1. The molecule has 22 heavy (non-hydrogen) atoms. The molecule has 1 unspecified atom stereocenters. The maximum Gasteiger partial charge on any atom is 0.297 e. The molecule has 1 N–H and O–H groups in total. The van der Waals surface area contributed by atoms with Crippen LogP contribution in [0.4, 0.5) is 10.1 Å². The van der Waals surface area contributed by atoms with Crippen molar-refractivity contribution in [2.24, 2.45) is 0 Å². The van der Waals surface area contributed by atoms with E-state index in [1.165, 1.54) is 18.2 Å². The maximum atomic E-state index is 13.4. The number of ether oxygens (including phenoxy) is 1. The van der Waals surface area contributed by atoms with Gasteiger partial charge in [0.25, 0.3) is 11.1 Å². The lowest BCUT2D eigenvalue weighted by Crippen LogP contribution is -2.40. The molecule has 1 atom stereocenters. The first-order chi connectivity index (χ1) is 10.5. The van der Waals surface area contributed by atoms with E-state index in [9.17, 15) is 9.18 Å². The molecule has 0 spiro atoms. The molecule has 1 saturated heterocycles.